The highest BCUT2D eigenvalue weighted by Gasteiger charge is 2.61. The molecule has 27 heavy (non-hydrogen) atoms. The SMILES string of the molecule is C=CCC(OCc1ccccc1)(C(=O)NNC(=O)OC(C)(C)C)C(F)(F)F. The van der Waals surface area contributed by atoms with Gasteiger partial charge in [0.2, 0.25) is 5.60 Å². The molecule has 0 aliphatic carbocycles. The van der Waals surface area contributed by atoms with Gasteiger partial charge in [0.1, 0.15) is 5.60 Å². The third kappa shape index (κ3) is 6.59. The number of hydrogen-bond acceptors (Lipinski definition) is 4. The minimum atomic E-state index is -5.06. The first kappa shape index (κ1) is 22.5. The van der Waals surface area contributed by atoms with E-state index in [2.05, 4.69) is 6.58 Å². The molecule has 0 aromatic heterocycles. The molecule has 0 saturated heterocycles. The number of alkyl halides is 3. The Morgan fingerprint density at radius 1 is 1.11 bits per heavy atom. The summed E-state index contributed by atoms with van der Waals surface area (Å²) >= 11 is 0. The summed E-state index contributed by atoms with van der Waals surface area (Å²) in [5.41, 5.74) is -0.148. The molecule has 0 aliphatic rings. The molecule has 9 heteroatoms. The molecule has 0 bridgehead atoms. The topological polar surface area (TPSA) is 76.7 Å². The molecule has 0 spiro atoms. The summed E-state index contributed by atoms with van der Waals surface area (Å²) in [6.07, 6.45) is -6.08. The van der Waals surface area contributed by atoms with Crippen molar-refractivity contribution < 1.29 is 32.2 Å². The van der Waals surface area contributed by atoms with E-state index in [-0.39, 0.29) is 0 Å². The molecular weight excluding hydrogens is 365 g/mol. The van der Waals surface area contributed by atoms with Gasteiger partial charge in [-0.05, 0) is 26.3 Å². The van der Waals surface area contributed by atoms with Crippen LogP contribution in [0.2, 0.25) is 0 Å². The first-order valence-corrected chi connectivity index (χ1v) is 8.06. The molecule has 1 rings (SSSR count). The van der Waals surface area contributed by atoms with E-state index in [9.17, 15) is 22.8 Å². The number of ether oxygens (including phenoxy) is 2. The quantitative estimate of drug-likeness (QED) is 0.576. The van der Waals surface area contributed by atoms with E-state index in [1.54, 1.807) is 62.0 Å². The average Bonchev–Trinajstić information content (AvgIpc) is 2.54. The monoisotopic (exact) mass is 388 g/mol. The predicted octanol–water partition coefficient (Wildman–Crippen LogP) is 3.64. The number of hydrogen-bond donors (Lipinski definition) is 2. The number of amides is 2. The normalized spacial score (nSPS) is 14.0. The van der Waals surface area contributed by atoms with Crippen molar-refractivity contribution >= 4 is 12.0 Å². The van der Waals surface area contributed by atoms with Crippen LogP contribution < -0.4 is 10.9 Å². The number of halogens is 3. The maximum atomic E-state index is 13.7. The molecule has 0 fully saturated rings. The second kappa shape index (κ2) is 8.90. The van der Waals surface area contributed by atoms with Gasteiger partial charge in [-0.1, -0.05) is 36.4 Å². The molecule has 0 radical (unpaired) electrons. The van der Waals surface area contributed by atoms with Crippen LogP contribution in [0.25, 0.3) is 0 Å². The second-order valence-electron chi connectivity index (χ2n) is 6.67. The maximum Gasteiger partial charge on any atom is 0.427 e. The number of carbonyl (C=O) groups excluding carboxylic acids is 2. The van der Waals surface area contributed by atoms with E-state index in [0.29, 0.717) is 5.56 Å². The lowest BCUT2D eigenvalue weighted by Gasteiger charge is -2.33. The van der Waals surface area contributed by atoms with Gasteiger partial charge in [0.25, 0.3) is 5.91 Å². The van der Waals surface area contributed by atoms with Crippen LogP contribution in [0, 0.1) is 0 Å². The van der Waals surface area contributed by atoms with Crippen molar-refractivity contribution in [3.63, 3.8) is 0 Å². The fourth-order valence-electron chi connectivity index (χ4n) is 2.04. The number of hydrazine groups is 1. The van der Waals surface area contributed by atoms with Gasteiger partial charge in [0.05, 0.1) is 6.61 Å². The van der Waals surface area contributed by atoms with Gasteiger partial charge in [-0.15, -0.1) is 6.58 Å². The molecule has 0 saturated carbocycles. The zero-order chi connectivity index (χ0) is 20.7. The van der Waals surface area contributed by atoms with Crippen molar-refractivity contribution in [3.8, 4) is 0 Å². The molecule has 0 aliphatic heterocycles. The van der Waals surface area contributed by atoms with Crippen LogP contribution in [0.1, 0.15) is 32.8 Å². The van der Waals surface area contributed by atoms with E-state index in [1.165, 1.54) is 0 Å². The van der Waals surface area contributed by atoms with Crippen molar-refractivity contribution in [1.29, 1.82) is 0 Å². The highest BCUT2D eigenvalue weighted by atomic mass is 19.4. The number of nitrogens with one attached hydrogen (secondary N) is 2. The predicted molar refractivity (Wildman–Crippen MR) is 92.3 cm³/mol. The summed E-state index contributed by atoms with van der Waals surface area (Å²) in [6.45, 7) is 7.50. The van der Waals surface area contributed by atoms with Crippen LogP contribution in [0.3, 0.4) is 0 Å². The first-order chi connectivity index (χ1) is 12.4. The van der Waals surface area contributed by atoms with E-state index in [1.807, 2.05) is 0 Å². The number of benzene rings is 1. The molecular formula is C18H23F3N2O4. The molecule has 6 nitrogen and oxygen atoms in total. The van der Waals surface area contributed by atoms with Crippen molar-refractivity contribution in [2.75, 3.05) is 0 Å². The summed E-state index contributed by atoms with van der Waals surface area (Å²) < 4.78 is 51.1. The Hall–Kier alpha value is -2.55. The largest absolute Gasteiger partial charge is 0.443 e. The smallest absolute Gasteiger partial charge is 0.427 e. The summed E-state index contributed by atoms with van der Waals surface area (Å²) in [5, 5.41) is 0. The summed E-state index contributed by atoms with van der Waals surface area (Å²) in [5.74, 6) is -1.59. The Labute approximate surface area is 155 Å². The first-order valence-electron chi connectivity index (χ1n) is 8.06. The fraction of sp³-hybridized carbons (Fsp3) is 0.444. The lowest BCUT2D eigenvalue weighted by molar-refractivity contribution is -0.270. The highest BCUT2D eigenvalue weighted by Crippen LogP contribution is 2.38. The van der Waals surface area contributed by atoms with E-state index < -0.39 is 42.4 Å². The molecule has 2 amide bonds. The molecule has 1 unspecified atom stereocenters. The van der Waals surface area contributed by atoms with Gasteiger partial charge in [-0.25, -0.2) is 10.2 Å². The van der Waals surface area contributed by atoms with Crippen LogP contribution in [0.5, 0.6) is 0 Å². The Balaban J connectivity index is 2.96. The van der Waals surface area contributed by atoms with Crippen LogP contribution in [0.4, 0.5) is 18.0 Å². The zero-order valence-electron chi connectivity index (χ0n) is 15.4. The van der Waals surface area contributed by atoms with Gasteiger partial charge < -0.3 is 9.47 Å². The Morgan fingerprint density at radius 2 is 1.70 bits per heavy atom. The number of rotatable bonds is 6. The van der Waals surface area contributed by atoms with Crippen LogP contribution in [-0.4, -0.2) is 29.4 Å². The Bertz CT molecular complexity index is 657. The Morgan fingerprint density at radius 3 is 2.19 bits per heavy atom. The summed E-state index contributed by atoms with van der Waals surface area (Å²) in [7, 11) is 0. The third-order valence-corrected chi connectivity index (χ3v) is 3.26. The van der Waals surface area contributed by atoms with E-state index in [4.69, 9.17) is 9.47 Å². The molecule has 150 valence electrons. The molecule has 1 aromatic carbocycles. The molecule has 0 heterocycles. The van der Waals surface area contributed by atoms with Gasteiger partial charge in [0.15, 0.2) is 0 Å². The Kier molecular flexibility index (Phi) is 7.41. The minimum Gasteiger partial charge on any atom is -0.443 e. The lowest BCUT2D eigenvalue weighted by atomic mass is 9.97. The van der Waals surface area contributed by atoms with E-state index >= 15 is 0 Å². The summed E-state index contributed by atoms with van der Waals surface area (Å²) in [4.78, 5) is 23.9. The molecule has 1 aromatic rings. The van der Waals surface area contributed by atoms with Crippen molar-refractivity contribution in [3.05, 3.63) is 48.6 Å². The zero-order valence-corrected chi connectivity index (χ0v) is 15.4. The van der Waals surface area contributed by atoms with Crippen molar-refractivity contribution in [2.24, 2.45) is 0 Å². The minimum absolute atomic E-state index is 0.447. The maximum absolute atomic E-state index is 13.7. The van der Waals surface area contributed by atoms with Gasteiger partial charge in [-0.3, -0.25) is 10.2 Å². The average molecular weight is 388 g/mol. The third-order valence-electron chi connectivity index (χ3n) is 3.26. The van der Waals surface area contributed by atoms with Gasteiger partial charge in [0, 0.05) is 6.42 Å². The van der Waals surface area contributed by atoms with Crippen LogP contribution in [0.15, 0.2) is 43.0 Å². The van der Waals surface area contributed by atoms with Crippen molar-refractivity contribution in [2.45, 2.75) is 51.2 Å². The van der Waals surface area contributed by atoms with Gasteiger partial charge in [-0.2, -0.15) is 13.2 Å². The second-order valence-corrected chi connectivity index (χ2v) is 6.67. The van der Waals surface area contributed by atoms with Gasteiger partial charge >= 0.3 is 12.3 Å². The lowest BCUT2D eigenvalue weighted by Crippen LogP contribution is -2.61. The standard InChI is InChI=1S/C18H23F3N2O4/c1-5-11-17(18(19,20)21,26-12-13-9-7-6-8-10-13)14(24)22-23-15(25)27-16(2,3)4/h5-10H,1,11-12H2,2-4H3,(H,22,24)(H,23,25). The summed E-state index contributed by atoms with van der Waals surface area (Å²) in [6, 6.07) is 8.08. The highest BCUT2D eigenvalue weighted by molar-refractivity contribution is 5.87. The van der Waals surface area contributed by atoms with E-state index in [0.717, 1.165) is 6.08 Å². The number of carbonyl (C=O) groups is 2. The fourth-order valence-corrected chi connectivity index (χ4v) is 2.04. The molecule has 2 N–H and O–H groups in total. The van der Waals surface area contributed by atoms with Crippen LogP contribution >= 0.6 is 0 Å². The van der Waals surface area contributed by atoms with Crippen molar-refractivity contribution in [1.82, 2.24) is 10.9 Å². The molecule has 1 atom stereocenters. The van der Waals surface area contributed by atoms with Crippen LogP contribution in [-0.2, 0) is 20.9 Å².